The summed E-state index contributed by atoms with van der Waals surface area (Å²) in [4.78, 5) is 17.7. The number of amides is 1. The Labute approximate surface area is 159 Å². The highest BCUT2D eigenvalue weighted by molar-refractivity contribution is 5.92. The summed E-state index contributed by atoms with van der Waals surface area (Å²) in [7, 11) is 0. The van der Waals surface area contributed by atoms with Crippen molar-refractivity contribution < 1.29 is 14.3 Å². The van der Waals surface area contributed by atoms with E-state index in [2.05, 4.69) is 29.2 Å². The van der Waals surface area contributed by atoms with Crippen LogP contribution in [-0.2, 0) is 19.4 Å². The lowest BCUT2D eigenvalue weighted by atomic mass is 9.95. The third kappa shape index (κ3) is 3.09. The molecule has 0 saturated carbocycles. The Balaban J connectivity index is 1.33. The van der Waals surface area contributed by atoms with Crippen molar-refractivity contribution in [3.05, 3.63) is 59.0 Å². The van der Waals surface area contributed by atoms with E-state index in [1.807, 2.05) is 4.90 Å². The van der Waals surface area contributed by atoms with Gasteiger partial charge in [0, 0.05) is 31.7 Å². The molecule has 1 aromatic heterocycles. The predicted molar refractivity (Wildman–Crippen MR) is 101 cm³/mol. The lowest BCUT2D eigenvalue weighted by Crippen LogP contribution is -2.48. The molecular weight excluding hydrogens is 340 g/mol. The maximum absolute atomic E-state index is 13.0. The fourth-order valence-corrected chi connectivity index (χ4v) is 5.18. The third-order valence-electron chi connectivity index (χ3n) is 6.58. The van der Waals surface area contributed by atoms with Gasteiger partial charge in [-0.05, 0) is 54.9 Å². The second-order valence-electron chi connectivity index (χ2n) is 8.26. The van der Waals surface area contributed by atoms with Crippen LogP contribution in [0, 0.1) is 5.92 Å². The van der Waals surface area contributed by atoms with Gasteiger partial charge in [0.25, 0.3) is 5.91 Å². The van der Waals surface area contributed by atoms with Gasteiger partial charge in [-0.3, -0.25) is 9.69 Å². The van der Waals surface area contributed by atoms with Gasteiger partial charge in [-0.15, -0.1) is 0 Å². The van der Waals surface area contributed by atoms with Gasteiger partial charge < -0.3 is 14.4 Å². The molecule has 4 aliphatic rings. The van der Waals surface area contributed by atoms with Crippen LogP contribution < -0.4 is 0 Å². The zero-order valence-corrected chi connectivity index (χ0v) is 15.5. The van der Waals surface area contributed by atoms with Crippen LogP contribution in [0.5, 0.6) is 0 Å². The molecule has 1 N–H and O–H groups in total. The van der Waals surface area contributed by atoms with E-state index < -0.39 is 0 Å². The first kappa shape index (κ1) is 17.0. The summed E-state index contributed by atoms with van der Waals surface area (Å²) in [5.41, 5.74) is 2.97. The summed E-state index contributed by atoms with van der Waals surface area (Å²) in [5.74, 6) is 1.31. The quantitative estimate of drug-likeness (QED) is 0.907. The molecule has 4 heterocycles. The maximum atomic E-state index is 13.0. The van der Waals surface area contributed by atoms with Crippen LogP contribution in [0.15, 0.2) is 40.8 Å². The molecular formula is C22H26N2O3. The number of aliphatic hydroxyl groups excluding tert-OH is 1. The minimum atomic E-state index is -0.171. The van der Waals surface area contributed by atoms with E-state index in [-0.39, 0.29) is 18.6 Å². The molecule has 6 rings (SSSR count). The van der Waals surface area contributed by atoms with E-state index in [0.29, 0.717) is 23.5 Å². The molecule has 1 aliphatic carbocycles. The van der Waals surface area contributed by atoms with Crippen molar-refractivity contribution >= 4 is 5.91 Å². The standard InChI is InChI=1S/C22H26N2O3/c25-14-20-7-8-21(27-20)22(26)24-12-15-5-6-18(24)13-23(11-15)19-9-16-3-1-2-4-17(16)10-19/h1-4,7-8,15,18-19,25H,5-6,9-14H2/t15-,18+/m0/s1. The van der Waals surface area contributed by atoms with Crippen molar-refractivity contribution in [3.8, 4) is 0 Å². The van der Waals surface area contributed by atoms with Crippen molar-refractivity contribution in [2.24, 2.45) is 5.92 Å². The Hall–Kier alpha value is -2.11. The Kier molecular flexibility index (Phi) is 4.29. The number of aliphatic hydroxyl groups is 1. The van der Waals surface area contributed by atoms with Gasteiger partial charge >= 0.3 is 0 Å². The highest BCUT2D eigenvalue weighted by Gasteiger charge is 2.40. The number of fused-ring (bicyclic) bond motifs is 5. The minimum absolute atomic E-state index is 0.0269. The number of benzene rings is 1. The van der Waals surface area contributed by atoms with E-state index >= 15 is 0 Å². The summed E-state index contributed by atoms with van der Waals surface area (Å²) < 4.78 is 5.51. The molecule has 0 radical (unpaired) electrons. The zero-order chi connectivity index (χ0) is 18.4. The van der Waals surface area contributed by atoms with Crippen molar-refractivity contribution in [1.82, 2.24) is 9.80 Å². The maximum Gasteiger partial charge on any atom is 0.289 e. The van der Waals surface area contributed by atoms with Crippen LogP contribution >= 0.6 is 0 Å². The first-order valence-corrected chi connectivity index (χ1v) is 10.0. The second kappa shape index (κ2) is 6.80. The van der Waals surface area contributed by atoms with Crippen LogP contribution in [0.25, 0.3) is 0 Å². The van der Waals surface area contributed by atoms with Crippen molar-refractivity contribution in [3.63, 3.8) is 0 Å². The molecule has 3 aliphatic heterocycles. The first-order valence-electron chi connectivity index (χ1n) is 10.0. The Morgan fingerprint density at radius 2 is 1.78 bits per heavy atom. The van der Waals surface area contributed by atoms with Gasteiger partial charge in [0.2, 0.25) is 0 Å². The van der Waals surface area contributed by atoms with Crippen molar-refractivity contribution in [2.75, 3.05) is 19.6 Å². The number of furan rings is 1. The molecule has 142 valence electrons. The van der Waals surface area contributed by atoms with Crippen LogP contribution in [0.4, 0.5) is 0 Å². The molecule has 3 saturated heterocycles. The molecule has 2 atom stereocenters. The van der Waals surface area contributed by atoms with Crippen molar-refractivity contribution in [1.29, 1.82) is 0 Å². The molecule has 5 heteroatoms. The number of hydrogen-bond donors (Lipinski definition) is 1. The van der Waals surface area contributed by atoms with Crippen LogP contribution in [0.3, 0.4) is 0 Å². The number of carbonyl (C=O) groups excluding carboxylic acids is 1. The topological polar surface area (TPSA) is 56.9 Å². The van der Waals surface area contributed by atoms with E-state index in [0.717, 1.165) is 38.9 Å². The molecule has 1 aromatic carbocycles. The van der Waals surface area contributed by atoms with Gasteiger partial charge in [0.05, 0.1) is 0 Å². The Bertz CT molecular complexity index is 821. The fraction of sp³-hybridized carbons (Fsp3) is 0.500. The average Bonchev–Trinajstić information content (AvgIpc) is 3.25. The molecule has 5 nitrogen and oxygen atoms in total. The molecule has 2 aromatic rings. The summed E-state index contributed by atoms with van der Waals surface area (Å²) in [5, 5.41) is 9.20. The monoisotopic (exact) mass is 366 g/mol. The molecule has 27 heavy (non-hydrogen) atoms. The van der Waals surface area contributed by atoms with Gasteiger partial charge in [0.15, 0.2) is 5.76 Å². The third-order valence-corrected chi connectivity index (χ3v) is 6.58. The van der Waals surface area contributed by atoms with Crippen LogP contribution in [-0.4, -0.2) is 52.5 Å². The van der Waals surface area contributed by atoms with Crippen molar-refractivity contribution in [2.45, 2.75) is 44.4 Å². The number of piperidine rings is 1. The Morgan fingerprint density at radius 3 is 2.48 bits per heavy atom. The summed E-state index contributed by atoms with van der Waals surface area (Å²) >= 11 is 0. The number of carbonyl (C=O) groups is 1. The smallest absolute Gasteiger partial charge is 0.289 e. The Morgan fingerprint density at radius 1 is 1.00 bits per heavy atom. The second-order valence-corrected chi connectivity index (χ2v) is 8.26. The molecule has 0 spiro atoms. The van der Waals surface area contributed by atoms with Gasteiger partial charge in [-0.2, -0.15) is 0 Å². The predicted octanol–water partition coefficient (Wildman–Crippen LogP) is 2.48. The molecule has 2 bridgehead atoms. The highest BCUT2D eigenvalue weighted by atomic mass is 16.4. The molecule has 1 amide bonds. The highest BCUT2D eigenvalue weighted by Crippen LogP contribution is 2.33. The molecule has 0 unspecified atom stereocenters. The lowest BCUT2D eigenvalue weighted by molar-refractivity contribution is 0.0545. The molecule has 3 fully saturated rings. The summed E-state index contributed by atoms with van der Waals surface area (Å²) in [6, 6.07) is 13.0. The largest absolute Gasteiger partial charge is 0.453 e. The van der Waals surface area contributed by atoms with E-state index in [1.165, 1.54) is 17.5 Å². The first-order chi connectivity index (χ1) is 13.2. The lowest BCUT2D eigenvalue weighted by Gasteiger charge is -2.35. The van der Waals surface area contributed by atoms with E-state index in [9.17, 15) is 9.90 Å². The van der Waals surface area contributed by atoms with Gasteiger partial charge in [-0.25, -0.2) is 0 Å². The van der Waals surface area contributed by atoms with Crippen LogP contribution in [0.1, 0.15) is 40.3 Å². The number of nitrogens with zero attached hydrogens (tertiary/aromatic N) is 2. The van der Waals surface area contributed by atoms with Gasteiger partial charge in [-0.1, -0.05) is 24.3 Å². The van der Waals surface area contributed by atoms with E-state index in [4.69, 9.17) is 4.42 Å². The normalized spacial score (nSPS) is 25.6. The SMILES string of the molecule is O=C(c1ccc(CO)o1)N1C[C@H]2CC[C@@H]1CN(C1Cc3ccccc3C1)C2. The average molecular weight is 366 g/mol. The van der Waals surface area contributed by atoms with Crippen LogP contribution in [0.2, 0.25) is 0 Å². The minimum Gasteiger partial charge on any atom is -0.453 e. The zero-order valence-electron chi connectivity index (χ0n) is 15.5. The summed E-state index contributed by atoms with van der Waals surface area (Å²) in [6.07, 6.45) is 4.52. The number of rotatable bonds is 3. The van der Waals surface area contributed by atoms with E-state index in [1.54, 1.807) is 12.1 Å². The fourth-order valence-electron chi connectivity index (χ4n) is 5.18. The number of hydrogen-bond acceptors (Lipinski definition) is 4. The summed E-state index contributed by atoms with van der Waals surface area (Å²) in [6.45, 7) is 2.68. The van der Waals surface area contributed by atoms with Gasteiger partial charge in [0.1, 0.15) is 12.4 Å².